The molecule has 39 heavy (non-hydrogen) atoms. The molecule has 0 atom stereocenters. The number of benzene rings is 2. The quantitative estimate of drug-likeness (QED) is 0.218. The van der Waals surface area contributed by atoms with Crippen LogP contribution in [0.25, 0.3) is 31.9 Å². The SMILES string of the molecule is CCOC(=O)Cc1c(C)cc2nc(-c3ccnc(N4Cc5ccncc5C4=O)c3)sc2c1-c1ccc(Cl)cc1. The van der Waals surface area contributed by atoms with Gasteiger partial charge in [-0.1, -0.05) is 23.7 Å². The van der Waals surface area contributed by atoms with Crippen LogP contribution in [0.4, 0.5) is 5.82 Å². The number of carbonyl (C=O) groups is 2. The summed E-state index contributed by atoms with van der Waals surface area (Å²) < 4.78 is 6.24. The third-order valence-corrected chi connectivity index (χ3v) is 8.14. The van der Waals surface area contributed by atoms with Crippen molar-refractivity contribution in [3.05, 3.63) is 94.4 Å². The van der Waals surface area contributed by atoms with Gasteiger partial charge in [0.2, 0.25) is 0 Å². The van der Waals surface area contributed by atoms with Gasteiger partial charge in [0.1, 0.15) is 10.8 Å². The summed E-state index contributed by atoms with van der Waals surface area (Å²) in [6.45, 7) is 4.57. The lowest BCUT2D eigenvalue weighted by Gasteiger charge is -2.14. The number of anilines is 1. The van der Waals surface area contributed by atoms with Crippen molar-refractivity contribution in [3.8, 4) is 21.7 Å². The van der Waals surface area contributed by atoms with E-state index in [9.17, 15) is 9.59 Å². The van der Waals surface area contributed by atoms with Crippen LogP contribution in [0, 0.1) is 6.92 Å². The molecule has 0 bridgehead atoms. The Bertz CT molecular complexity index is 1750. The summed E-state index contributed by atoms with van der Waals surface area (Å²) in [7, 11) is 0. The van der Waals surface area contributed by atoms with Crippen molar-refractivity contribution in [3.63, 3.8) is 0 Å². The molecule has 0 unspecified atom stereocenters. The molecule has 4 heterocycles. The van der Waals surface area contributed by atoms with Crippen molar-refractivity contribution in [2.45, 2.75) is 26.8 Å². The summed E-state index contributed by atoms with van der Waals surface area (Å²) in [4.78, 5) is 40.7. The van der Waals surface area contributed by atoms with Gasteiger partial charge in [0.25, 0.3) is 5.91 Å². The molecule has 3 aromatic heterocycles. The Hall–Kier alpha value is -4.14. The monoisotopic (exact) mass is 554 g/mol. The Labute approximate surface area is 234 Å². The highest BCUT2D eigenvalue weighted by Gasteiger charge is 2.29. The lowest BCUT2D eigenvalue weighted by atomic mass is 9.93. The number of halogens is 1. The van der Waals surface area contributed by atoms with Crippen LogP contribution in [0.3, 0.4) is 0 Å². The summed E-state index contributed by atoms with van der Waals surface area (Å²) in [6, 6.07) is 15.3. The predicted molar refractivity (Wildman–Crippen MR) is 153 cm³/mol. The Balaban J connectivity index is 1.45. The molecule has 194 valence electrons. The first-order chi connectivity index (χ1) is 18.9. The van der Waals surface area contributed by atoms with E-state index >= 15 is 0 Å². The van der Waals surface area contributed by atoms with Crippen molar-refractivity contribution in [1.29, 1.82) is 0 Å². The summed E-state index contributed by atoms with van der Waals surface area (Å²) in [6.07, 6.45) is 5.15. The number of nitrogens with zero attached hydrogens (tertiary/aromatic N) is 4. The maximum atomic E-state index is 13.0. The van der Waals surface area contributed by atoms with E-state index in [1.807, 2.05) is 55.5 Å². The van der Waals surface area contributed by atoms with E-state index in [0.29, 0.717) is 29.6 Å². The molecule has 1 amide bonds. The lowest BCUT2D eigenvalue weighted by Crippen LogP contribution is -2.24. The van der Waals surface area contributed by atoms with Gasteiger partial charge in [-0.05, 0) is 72.5 Å². The van der Waals surface area contributed by atoms with Crippen LogP contribution in [0.15, 0.2) is 67.1 Å². The van der Waals surface area contributed by atoms with Crippen LogP contribution >= 0.6 is 22.9 Å². The fourth-order valence-corrected chi connectivity index (χ4v) is 6.15. The second-order valence-corrected chi connectivity index (χ2v) is 10.7. The molecule has 0 radical (unpaired) electrons. The Morgan fingerprint density at radius 3 is 2.69 bits per heavy atom. The molecule has 1 aliphatic rings. The molecule has 5 aromatic rings. The number of pyridine rings is 2. The maximum absolute atomic E-state index is 13.0. The van der Waals surface area contributed by atoms with Gasteiger partial charge in [-0.15, -0.1) is 11.3 Å². The highest BCUT2D eigenvalue weighted by atomic mass is 35.5. The summed E-state index contributed by atoms with van der Waals surface area (Å²) >= 11 is 7.73. The second kappa shape index (κ2) is 10.2. The first-order valence-electron chi connectivity index (χ1n) is 12.5. The Morgan fingerprint density at radius 2 is 1.92 bits per heavy atom. The van der Waals surface area contributed by atoms with Crippen molar-refractivity contribution in [2.24, 2.45) is 0 Å². The number of rotatable bonds is 6. The molecule has 0 saturated heterocycles. The number of ether oxygens (including phenoxy) is 1. The third kappa shape index (κ3) is 4.66. The van der Waals surface area contributed by atoms with Crippen LogP contribution in [0.5, 0.6) is 0 Å². The van der Waals surface area contributed by atoms with Crippen LogP contribution < -0.4 is 4.90 Å². The number of aromatic nitrogens is 3. The Morgan fingerprint density at radius 1 is 1.10 bits per heavy atom. The van der Waals surface area contributed by atoms with Crippen LogP contribution in [-0.4, -0.2) is 33.4 Å². The maximum Gasteiger partial charge on any atom is 0.310 e. The average Bonchev–Trinajstić information content (AvgIpc) is 3.51. The molecule has 2 aromatic carbocycles. The zero-order chi connectivity index (χ0) is 27.1. The molecule has 0 saturated carbocycles. The zero-order valence-corrected chi connectivity index (χ0v) is 22.8. The fourth-order valence-electron chi connectivity index (χ4n) is 4.89. The van der Waals surface area contributed by atoms with E-state index in [4.69, 9.17) is 21.3 Å². The molecule has 9 heteroatoms. The van der Waals surface area contributed by atoms with E-state index in [-0.39, 0.29) is 18.3 Å². The summed E-state index contributed by atoms with van der Waals surface area (Å²) in [5.74, 6) is 0.173. The van der Waals surface area contributed by atoms with Crippen LogP contribution in [0.1, 0.15) is 34.0 Å². The summed E-state index contributed by atoms with van der Waals surface area (Å²) in [5.41, 5.74) is 6.98. The average molecular weight is 555 g/mol. The van der Waals surface area contributed by atoms with Gasteiger partial charge in [0.05, 0.1) is 35.4 Å². The van der Waals surface area contributed by atoms with Gasteiger partial charge in [0.15, 0.2) is 0 Å². The van der Waals surface area contributed by atoms with E-state index in [1.54, 1.807) is 41.8 Å². The highest BCUT2D eigenvalue weighted by molar-refractivity contribution is 7.22. The minimum absolute atomic E-state index is 0.115. The standard InChI is InChI=1S/C30H23ClN4O3S/c1-3-38-26(36)14-22-17(2)12-24-28(27(22)18-4-6-21(31)7-5-18)39-29(34-24)19-9-11-33-25(13-19)35-16-20-8-10-32-15-23(20)30(35)37/h4-13,15H,3,14,16H2,1-2H3. The molecule has 0 spiro atoms. The van der Waals surface area contributed by atoms with Gasteiger partial charge >= 0.3 is 5.97 Å². The number of amides is 1. The smallest absolute Gasteiger partial charge is 0.310 e. The van der Waals surface area contributed by atoms with E-state index in [2.05, 4.69) is 9.97 Å². The van der Waals surface area contributed by atoms with E-state index in [1.165, 1.54) is 0 Å². The van der Waals surface area contributed by atoms with E-state index in [0.717, 1.165) is 48.6 Å². The molecule has 0 aliphatic carbocycles. The van der Waals surface area contributed by atoms with E-state index < -0.39 is 0 Å². The minimum atomic E-state index is -0.273. The van der Waals surface area contributed by atoms with Gasteiger partial charge in [-0.25, -0.2) is 9.97 Å². The first-order valence-corrected chi connectivity index (χ1v) is 13.7. The predicted octanol–water partition coefficient (Wildman–Crippen LogP) is 6.65. The number of aryl methyl sites for hydroxylation is 1. The van der Waals surface area contributed by atoms with Crippen molar-refractivity contribution in [2.75, 3.05) is 11.5 Å². The third-order valence-electron chi connectivity index (χ3n) is 6.76. The van der Waals surface area contributed by atoms with Gasteiger partial charge in [-0.2, -0.15) is 0 Å². The lowest BCUT2D eigenvalue weighted by molar-refractivity contribution is -0.142. The molecule has 7 nitrogen and oxygen atoms in total. The Kier molecular flexibility index (Phi) is 6.58. The topological polar surface area (TPSA) is 85.3 Å². The summed E-state index contributed by atoms with van der Waals surface area (Å²) in [5, 5.41) is 1.43. The molecular weight excluding hydrogens is 532 g/mol. The molecule has 6 rings (SSSR count). The normalized spacial score (nSPS) is 12.7. The number of thiazole rings is 1. The van der Waals surface area contributed by atoms with Crippen molar-refractivity contribution >= 4 is 50.8 Å². The molecular formula is C30H23ClN4O3S. The number of esters is 1. The number of carbonyl (C=O) groups excluding carboxylic acids is 2. The zero-order valence-electron chi connectivity index (χ0n) is 21.3. The molecule has 1 aliphatic heterocycles. The minimum Gasteiger partial charge on any atom is -0.466 e. The van der Waals surface area contributed by atoms with Crippen molar-refractivity contribution < 1.29 is 14.3 Å². The largest absolute Gasteiger partial charge is 0.466 e. The second-order valence-electron chi connectivity index (χ2n) is 9.23. The van der Waals surface area contributed by atoms with Gasteiger partial charge in [-0.3, -0.25) is 19.5 Å². The molecule has 0 fully saturated rings. The van der Waals surface area contributed by atoms with Gasteiger partial charge < -0.3 is 4.74 Å². The number of hydrogen-bond acceptors (Lipinski definition) is 7. The highest BCUT2D eigenvalue weighted by Crippen LogP contribution is 2.41. The van der Waals surface area contributed by atoms with Gasteiger partial charge in [0, 0.05) is 34.7 Å². The van der Waals surface area contributed by atoms with Crippen LogP contribution in [0.2, 0.25) is 5.02 Å². The fraction of sp³-hybridized carbons (Fsp3) is 0.167. The van der Waals surface area contributed by atoms with Crippen LogP contribution in [-0.2, 0) is 22.5 Å². The number of hydrogen-bond donors (Lipinski definition) is 0. The number of fused-ring (bicyclic) bond motifs is 2. The molecule has 0 N–H and O–H groups in total. The van der Waals surface area contributed by atoms with Crippen molar-refractivity contribution in [1.82, 2.24) is 15.0 Å². The first kappa shape index (κ1) is 25.2.